The summed E-state index contributed by atoms with van der Waals surface area (Å²) < 4.78 is 23.9. The summed E-state index contributed by atoms with van der Waals surface area (Å²) in [5, 5.41) is 0. The molecule has 9 rings (SSSR count). The Morgan fingerprint density at radius 3 is 1.24 bits per heavy atom. The van der Waals surface area contributed by atoms with E-state index in [-0.39, 0.29) is 39.9 Å². The van der Waals surface area contributed by atoms with Crippen LogP contribution in [-0.4, -0.2) is 151 Å². The zero-order valence-corrected chi connectivity index (χ0v) is 55.1. The van der Waals surface area contributed by atoms with Crippen LogP contribution in [0.3, 0.4) is 0 Å². The molecule has 5 heterocycles. The zero-order chi connectivity index (χ0) is 60.5. The first-order valence-corrected chi connectivity index (χ1v) is 33.0. The summed E-state index contributed by atoms with van der Waals surface area (Å²) in [6, 6.07) is 35.0. The summed E-state index contributed by atoms with van der Waals surface area (Å²) in [7, 11) is 5.02. The standard InChI is InChI=1S/C21H35N3.C17H26N2O.C17H25NO.C15H23NO2S/c1-21(2,3)24-15-9-13-20(24)18-11-6-7-12-19(18)23(5)16-17-10-8-14-22(17)4;1-17(2,3)19-12-8-11-15(19)13-9-6-7-10-14(13)16(20)18(4)5;1-5-16(19)14-10-7-6-9-13(14)15-11-8-12-18(15)17(2,3)4;1-15(2,3)16-11-7-9-13(16)12-8-5-6-10-14(12)19(4,17)18/h6-7,11-12,17,20H,8-10,13-16H2,1-5H3;6-7,9-10,15H,8,11-12H2,1-5H3;6-7,9-10,15H,5,8,11-12H2,1-4H3;5-6,8,10,13H,7,9,11H2,1-4H3. The van der Waals surface area contributed by atoms with Gasteiger partial charge in [-0.2, -0.15) is 0 Å². The van der Waals surface area contributed by atoms with E-state index >= 15 is 0 Å². The van der Waals surface area contributed by atoms with Crippen molar-refractivity contribution in [2.75, 3.05) is 78.6 Å². The average Bonchev–Trinajstić information content (AvgIpc) is 4.37. The summed E-state index contributed by atoms with van der Waals surface area (Å²) in [6.07, 6.45) is 14.0. The molecule has 0 aromatic heterocycles. The Morgan fingerprint density at radius 2 is 0.841 bits per heavy atom. The van der Waals surface area contributed by atoms with Crippen molar-refractivity contribution < 1.29 is 18.0 Å². The molecule has 0 N–H and O–H groups in total. The van der Waals surface area contributed by atoms with Gasteiger partial charge < -0.3 is 14.7 Å². The van der Waals surface area contributed by atoms with Gasteiger partial charge in [0.05, 0.1) is 4.90 Å². The number of rotatable bonds is 11. The number of amides is 1. The molecule has 5 aliphatic heterocycles. The van der Waals surface area contributed by atoms with Crippen LogP contribution >= 0.6 is 0 Å². The fourth-order valence-corrected chi connectivity index (χ4v) is 14.8. The van der Waals surface area contributed by atoms with Gasteiger partial charge in [0, 0.05) is 110 Å². The number of para-hydroxylation sites is 1. The molecule has 11 nitrogen and oxygen atoms in total. The Balaban J connectivity index is 0.000000177. The van der Waals surface area contributed by atoms with E-state index in [1.807, 2.05) is 63.5 Å². The lowest BCUT2D eigenvalue weighted by Crippen LogP contribution is -2.41. The average molecular weight is 1140 g/mol. The summed E-state index contributed by atoms with van der Waals surface area (Å²) in [5.74, 6) is 0.359. The van der Waals surface area contributed by atoms with E-state index in [4.69, 9.17) is 0 Å². The number of carbonyl (C=O) groups is 2. The normalized spacial score (nSPS) is 22.4. The second-order valence-corrected chi connectivity index (χ2v) is 30.2. The molecule has 12 heteroatoms. The molecular formula is C70H109N7O4S. The third kappa shape index (κ3) is 16.9. The number of hydrogen-bond acceptors (Lipinski definition) is 10. The smallest absolute Gasteiger partial charge is 0.253 e. The number of benzene rings is 4. The van der Waals surface area contributed by atoms with E-state index in [2.05, 4.69) is 169 Å². The van der Waals surface area contributed by atoms with Crippen LogP contribution in [-0.2, 0) is 9.84 Å². The quantitative estimate of drug-likeness (QED) is 0.135. The Morgan fingerprint density at radius 1 is 0.488 bits per heavy atom. The fraction of sp³-hybridized carbons (Fsp3) is 0.629. The van der Waals surface area contributed by atoms with E-state index in [0.717, 1.165) is 68.6 Å². The molecule has 5 unspecified atom stereocenters. The molecule has 4 aromatic carbocycles. The number of Topliss-reactive ketones (excluding diaryl/α,β-unsaturated/α-hetero) is 1. The second kappa shape index (κ2) is 28.2. The summed E-state index contributed by atoms with van der Waals surface area (Å²) >= 11 is 0. The zero-order valence-electron chi connectivity index (χ0n) is 54.3. The predicted octanol–water partition coefficient (Wildman–Crippen LogP) is 14.7. The first-order chi connectivity index (χ1) is 38.4. The van der Waals surface area contributed by atoms with Crippen LogP contribution in [0.1, 0.15) is 228 Å². The van der Waals surface area contributed by atoms with Gasteiger partial charge in [0.1, 0.15) is 0 Å². The van der Waals surface area contributed by atoms with Crippen LogP contribution in [0.4, 0.5) is 5.69 Å². The largest absolute Gasteiger partial charge is 0.373 e. The minimum Gasteiger partial charge on any atom is -0.373 e. The van der Waals surface area contributed by atoms with Crippen molar-refractivity contribution in [1.82, 2.24) is 29.4 Å². The van der Waals surface area contributed by atoms with Crippen LogP contribution in [0.5, 0.6) is 0 Å². The third-order valence-electron chi connectivity index (χ3n) is 17.9. The minimum absolute atomic E-state index is 0.0613. The van der Waals surface area contributed by atoms with Crippen molar-refractivity contribution in [3.05, 3.63) is 130 Å². The fourth-order valence-electron chi connectivity index (χ4n) is 13.9. The van der Waals surface area contributed by atoms with Gasteiger partial charge >= 0.3 is 0 Å². The van der Waals surface area contributed by atoms with Gasteiger partial charge in [0.25, 0.3) is 5.91 Å². The van der Waals surface area contributed by atoms with Gasteiger partial charge in [-0.05, 0) is 228 Å². The van der Waals surface area contributed by atoms with Gasteiger partial charge in [-0.1, -0.05) is 85.8 Å². The van der Waals surface area contributed by atoms with Crippen molar-refractivity contribution in [3.63, 3.8) is 0 Å². The molecule has 454 valence electrons. The molecule has 0 radical (unpaired) electrons. The molecule has 0 aliphatic carbocycles. The maximum atomic E-state index is 12.4. The summed E-state index contributed by atoms with van der Waals surface area (Å²) in [4.78, 5) is 41.9. The molecule has 0 spiro atoms. The Labute approximate surface area is 499 Å². The second-order valence-electron chi connectivity index (χ2n) is 28.3. The van der Waals surface area contributed by atoms with Crippen LogP contribution in [0.15, 0.2) is 102 Å². The highest BCUT2D eigenvalue weighted by molar-refractivity contribution is 7.90. The highest BCUT2D eigenvalue weighted by Gasteiger charge is 2.39. The van der Waals surface area contributed by atoms with Crippen molar-refractivity contribution >= 4 is 27.2 Å². The van der Waals surface area contributed by atoms with E-state index in [1.54, 1.807) is 17.0 Å². The first kappa shape index (κ1) is 66.7. The maximum absolute atomic E-state index is 12.4. The molecular weight excluding hydrogens is 1030 g/mol. The summed E-state index contributed by atoms with van der Waals surface area (Å²) in [6.45, 7) is 36.0. The van der Waals surface area contributed by atoms with Crippen LogP contribution in [0, 0.1) is 0 Å². The number of nitrogens with zero attached hydrogens (tertiary/aromatic N) is 7. The van der Waals surface area contributed by atoms with Crippen molar-refractivity contribution in [1.29, 1.82) is 0 Å². The summed E-state index contributed by atoms with van der Waals surface area (Å²) in [5.41, 5.74) is 8.66. The number of sulfone groups is 1. The van der Waals surface area contributed by atoms with Crippen molar-refractivity contribution in [2.24, 2.45) is 0 Å². The lowest BCUT2D eigenvalue weighted by Gasteiger charge is -2.39. The highest BCUT2D eigenvalue weighted by Crippen LogP contribution is 2.44. The topological polar surface area (TPSA) is 91.0 Å². The monoisotopic (exact) mass is 1140 g/mol. The number of hydrogen-bond donors (Lipinski definition) is 0. The van der Waals surface area contributed by atoms with Crippen molar-refractivity contribution in [2.45, 2.75) is 218 Å². The highest BCUT2D eigenvalue weighted by atomic mass is 32.2. The number of ketones is 1. The van der Waals surface area contributed by atoms with Gasteiger partial charge in [-0.15, -0.1) is 0 Å². The maximum Gasteiger partial charge on any atom is 0.253 e. The molecule has 5 atom stereocenters. The SMILES string of the molecule is CC(C)(C)N1CCCC1c1ccccc1S(C)(=O)=O.CCC(=O)c1ccccc1C1CCCN1C(C)(C)C.CN(C)C(=O)c1ccccc1C1CCCN1C(C)(C)C.CN(CC1CCCN1C)c1ccccc1C1CCCN1C(C)(C)C. The van der Waals surface area contributed by atoms with E-state index < -0.39 is 9.84 Å². The molecule has 5 aliphatic rings. The van der Waals surface area contributed by atoms with Gasteiger partial charge in [0.2, 0.25) is 0 Å². The lowest BCUT2D eigenvalue weighted by atomic mass is 9.93. The van der Waals surface area contributed by atoms with E-state index in [1.165, 1.54) is 80.2 Å². The van der Waals surface area contributed by atoms with Gasteiger partial charge in [-0.3, -0.25) is 29.2 Å². The third-order valence-corrected chi connectivity index (χ3v) is 19.1. The molecule has 82 heavy (non-hydrogen) atoms. The number of carbonyl (C=O) groups excluding carboxylic acids is 2. The predicted molar refractivity (Wildman–Crippen MR) is 344 cm³/mol. The van der Waals surface area contributed by atoms with Gasteiger partial charge in [0.15, 0.2) is 15.6 Å². The minimum atomic E-state index is -3.17. The Bertz CT molecular complexity index is 2820. The molecule has 4 aromatic rings. The molecule has 5 saturated heterocycles. The molecule has 1 amide bonds. The first-order valence-electron chi connectivity index (χ1n) is 31.1. The molecule has 5 fully saturated rings. The number of likely N-dealkylation sites (N-methyl/N-ethyl adjacent to an activating group) is 2. The Hall–Kier alpha value is -4.43. The van der Waals surface area contributed by atoms with Crippen LogP contribution in [0.2, 0.25) is 0 Å². The van der Waals surface area contributed by atoms with Crippen LogP contribution < -0.4 is 4.90 Å². The number of likely N-dealkylation sites (tertiary alicyclic amines) is 5. The van der Waals surface area contributed by atoms with E-state index in [0.29, 0.717) is 35.5 Å². The van der Waals surface area contributed by atoms with Crippen molar-refractivity contribution in [3.8, 4) is 0 Å². The van der Waals surface area contributed by atoms with Crippen LogP contribution in [0.25, 0.3) is 0 Å². The number of anilines is 1. The van der Waals surface area contributed by atoms with Gasteiger partial charge in [-0.25, -0.2) is 8.42 Å². The Kier molecular flexibility index (Phi) is 22.9. The lowest BCUT2D eigenvalue weighted by molar-refractivity contribution is 0.0817. The molecule has 0 saturated carbocycles. The molecule has 0 bridgehead atoms. The van der Waals surface area contributed by atoms with E-state index in [9.17, 15) is 18.0 Å².